The highest BCUT2D eigenvalue weighted by atomic mass is 35.5. The second-order valence-electron chi connectivity index (χ2n) is 7.61. The molecule has 0 aliphatic rings. The number of benzene rings is 2. The van der Waals surface area contributed by atoms with Crippen molar-refractivity contribution in [3.8, 4) is 16.9 Å². The van der Waals surface area contributed by atoms with Crippen molar-refractivity contribution >= 4 is 34.2 Å². The van der Waals surface area contributed by atoms with Crippen LogP contribution in [0.15, 0.2) is 61.4 Å². The molecule has 11 heteroatoms. The number of fused-ring (bicyclic) bond motifs is 1. The number of nitrogens with one attached hydrogen (secondary N) is 1. The van der Waals surface area contributed by atoms with Gasteiger partial charge in [0.15, 0.2) is 0 Å². The third kappa shape index (κ3) is 5.12. The van der Waals surface area contributed by atoms with Gasteiger partial charge in [-0.25, -0.2) is 19.3 Å². The lowest BCUT2D eigenvalue weighted by Crippen LogP contribution is -2.16. The first kappa shape index (κ1) is 23.5. The molecule has 0 aliphatic carbocycles. The van der Waals surface area contributed by atoms with E-state index in [4.69, 9.17) is 11.6 Å². The van der Waals surface area contributed by atoms with Crippen molar-refractivity contribution in [1.29, 1.82) is 0 Å². The summed E-state index contributed by atoms with van der Waals surface area (Å²) >= 11 is 4.76. The quantitative estimate of drug-likeness (QED) is 0.330. The van der Waals surface area contributed by atoms with E-state index < -0.39 is 23.7 Å². The van der Waals surface area contributed by atoms with Gasteiger partial charge in [-0.05, 0) is 50.2 Å². The number of alkyl halides is 4. The Morgan fingerprint density at radius 3 is 2.44 bits per heavy atom. The third-order valence-corrected chi connectivity index (χ3v) is 5.33. The molecule has 2 aromatic heterocycles. The summed E-state index contributed by atoms with van der Waals surface area (Å²) in [6.45, 7) is 3.21. The van der Waals surface area contributed by atoms with Crippen LogP contribution >= 0.6 is 11.6 Å². The molecule has 2 aromatic carbocycles. The van der Waals surface area contributed by atoms with E-state index in [0.717, 1.165) is 0 Å². The van der Waals surface area contributed by atoms with Crippen LogP contribution in [0.5, 0.6) is 5.75 Å². The summed E-state index contributed by atoms with van der Waals surface area (Å²) in [7, 11) is 0. The Bertz CT molecular complexity index is 1310. The van der Waals surface area contributed by atoms with Gasteiger partial charge in [-0.1, -0.05) is 0 Å². The highest BCUT2D eigenvalue weighted by Gasteiger charge is 2.27. The zero-order valence-electron chi connectivity index (χ0n) is 18.0. The van der Waals surface area contributed by atoms with Crippen molar-refractivity contribution in [3.05, 3.63) is 67.0 Å². The van der Waals surface area contributed by atoms with Gasteiger partial charge >= 0.3 is 5.57 Å². The summed E-state index contributed by atoms with van der Waals surface area (Å²) < 4.78 is 45.6. The van der Waals surface area contributed by atoms with Crippen LogP contribution in [-0.4, -0.2) is 37.2 Å². The summed E-state index contributed by atoms with van der Waals surface area (Å²) in [6.07, 6.45) is 4.97. The van der Waals surface area contributed by atoms with Gasteiger partial charge < -0.3 is 14.6 Å². The zero-order chi connectivity index (χ0) is 24.5. The fourth-order valence-corrected chi connectivity index (χ4v) is 3.52. The minimum Gasteiger partial charge on any atom is -0.420 e. The van der Waals surface area contributed by atoms with Gasteiger partial charge in [-0.2, -0.15) is 0 Å². The Kier molecular flexibility index (Phi) is 6.43. The highest BCUT2D eigenvalue weighted by Crippen LogP contribution is 2.32. The monoisotopic (exact) mass is 489 g/mol. The topological polar surface area (TPSA) is 81.9 Å². The molecule has 1 amide bonds. The lowest BCUT2D eigenvalue weighted by molar-refractivity contribution is -0.0964. The molecule has 1 N–H and O–H groups in total. The number of nitrogens with zero attached hydrogens (tertiary/aromatic N) is 4. The minimum atomic E-state index is -3.83. The van der Waals surface area contributed by atoms with Crippen LogP contribution in [0.25, 0.3) is 22.2 Å². The highest BCUT2D eigenvalue weighted by molar-refractivity contribution is 6.20. The first-order chi connectivity index (χ1) is 16.1. The number of imidazole rings is 1. The van der Waals surface area contributed by atoms with Gasteiger partial charge in [-0.3, -0.25) is 4.79 Å². The Balaban J connectivity index is 1.70. The van der Waals surface area contributed by atoms with Crippen LogP contribution in [0.3, 0.4) is 0 Å². The standard InChI is InChI=1S/C23H19ClF3N5O2/c1-13(25)14(2)32-12-30-20-8-15(7-19(21(20)32)16-9-28-11-29-10-16)22(33)31-17-3-5-18(6-4-17)34-23(24,26)27/h3-14H,1-2H3,(H,31,33)/t13?,14-/m1/s1. The van der Waals surface area contributed by atoms with E-state index in [0.29, 0.717) is 27.8 Å². The molecule has 1 unspecified atom stereocenters. The molecule has 0 aliphatic heterocycles. The summed E-state index contributed by atoms with van der Waals surface area (Å²) in [4.78, 5) is 25.5. The molecule has 2 heterocycles. The van der Waals surface area contributed by atoms with Crippen molar-refractivity contribution in [2.45, 2.75) is 31.6 Å². The average Bonchev–Trinajstić information content (AvgIpc) is 3.22. The Morgan fingerprint density at radius 2 is 1.82 bits per heavy atom. The molecule has 0 radical (unpaired) electrons. The zero-order valence-corrected chi connectivity index (χ0v) is 18.8. The molecule has 0 saturated heterocycles. The molecule has 2 atom stereocenters. The van der Waals surface area contributed by atoms with Crippen molar-refractivity contribution in [2.24, 2.45) is 0 Å². The smallest absolute Gasteiger partial charge is 0.420 e. The van der Waals surface area contributed by atoms with Crippen LogP contribution in [0.1, 0.15) is 30.2 Å². The van der Waals surface area contributed by atoms with E-state index in [-0.39, 0.29) is 11.3 Å². The number of rotatable bonds is 7. The normalized spacial score (nSPS) is 13.5. The van der Waals surface area contributed by atoms with Gasteiger partial charge in [0.2, 0.25) is 0 Å². The fourth-order valence-electron chi connectivity index (χ4n) is 3.43. The van der Waals surface area contributed by atoms with Gasteiger partial charge in [0.1, 0.15) is 18.2 Å². The molecule has 0 bridgehead atoms. The second-order valence-corrected chi connectivity index (χ2v) is 8.05. The molecule has 4 rings (SSSR count). The van der Waals surface area contributed by atoms with Gasteiger partial charge in [-0.15, -0.1) is 8.78 Å². The van der Waals surface area contributed by atoms with E-state index in [2.05, 4.69) is 25.0 Å². The maximum atomic E-state index is 14.1. The maximum Gasteiger partial charge on any atom is 0.487 e. The number of aromatic nitrogens is 4. The first-order valence-electron chi connectivity index (χ1n) is 10.2. The van der Waals surface area contributed by atoms with E-state index in [1.54, 1.807) is 36.0 Å². The molecule has 34 heavy (non-hydrogen) atoms. The summed E-state index contributed by atoms with van der Waals surface area (Å²) in [5, 5.41) is 2.70. The largest absolute Gasteiger partial charge is 0.487 e. The van der Waals surface area contributed by atoms with Crippen LogP contribution in [0.4, 0.5) is 18.9 Å². The first-order valence-corrected chi connectivity index (χ1v) is 10.6. The SMILES string of the molecule is CC(F)[C@@H](C)n1cnc2cc(C(=O)Nc3ccc(OC(F)(F)Cl)cc3)cc(-c3cncnc3)c21. The van der Waals surface area contributed by atoms with Gasteiger partial charge in [0.25, 0.3) is 5.91 Å². The Labute approximate surface area is 197 Å². The summed E-state index contributed by atoms with van der Waals surface area (Å²) in [6, 6.07) is 8.06. The number of ether oxygens (including phenoxy) is 1. The lowest BCUT2D eigenvalue weighted by Gasteiger charge is -2.18. The van der Waals surface area contributed by atoms with E-state index >= 15 is 0 Å². The van der Waals surface area contributed by atoms with Crippen molar-refractivity contribution < 1.29 is 22.7 Å². The number of hydrogen-bond acceptors (Lipinski definition) is 5. The second kappa shape index (κ2) is 9.30. The molecule has 4 aromatic rings. The molecule has 7 nitrogen and oxygen atoms in total. The molecular weight excluding hydrogens is 471 g/mol. The molecular formula is C23H19ClF3N5O2. The van der Waals surface area contributed by atoms with E-state index in [9.17, 15) is 18.0 Å². The fraction of sp³-hybridized carbons (Fsp3) is 0.217. The van der Waals surface area contributed by atoms with Crippen LogP contribution in [-0.2, 0) is 0 Å². The van der Waals surface area contributed by atoms with Crippen molar-refractivity contribution in [3.63, 3.8) is 0 Å². The predicted octanol–water partition coefficient (Wildman–Crippen LogP) is 5.83. The molecule has 0 fully saturated rings. The minimum absolute atomic E-state index is 0.160. The number of amides is 1. The van der Waals surface area contributed by atoms with Crippen LogP contribution in [0, 0.1) is 0 Å². The van der Waals surface area contributed by atoms with Gasteiger partial charge in [0.05, 0.1) is 23.4 Å². The van der Waals surface area contributed by atoms with E-state index in [1.165, 1.54) is 43.8 Å². The van der Waals surface area contributed by atoms with Crippen LogP contribution < -0.4 is 10.1 Å². The Hall–Kier alpha value is -3.66. The Morgan fingerprint density at radius 1 is 1.15 bits per heavy atom. The average molecular weight is 490 g/mol. The number of halogens is 4. The molecule has 0 saturated carbocycles. The van der Waals surface area contributed by atoms with Gasteiger partial charge in [0, 0.05) is 46.4 Å². The third-order valence-electron chi connectivity index (χ3n) is 5.25. The van der Waals surface area contributed by atoms with Crippen molar-refractivity contribution in [2.75, 3.05) is 5.32 Å². The maximum absolute atomic E-state index is 14.1. The lowest BCUT2D eigenvalue weighted by atomic mass is 10.0. The number of carbonyl (C=O) groups excluding carboxylic acids is 1. The molecule has 0 spiro atoms. The van der Waals surface area contributed by atoms with Crippen molar-refractivity contribution in [1.82, 2.24) is 19.5 Å². The number of hydrogen-bond donors (Lipinski definition) is 1. The summed E-state index contributed by atoms with van der Waals surface area (Å²) in [5.74, 6) is -0.620. The van der Waals surface area contributed by atoms with Crippen LogP contribution in [0.2, 0.25) is 0 Å². The number of anilines is 1. The predicted molar refractivity (Wildman–Crippen MR) is 122 cm³/mol. The van der Waals surface area contributed by atoms with E-state index in [1.807, 2.05) is 0 Å². The molecule has 176 valence electrons. The number of carbonyl (C=O) groups is 1. The summed E-state index contributed by atoms with van der Waals surface area (Å²) in [5.41, 5.74) is -0.819.